The summed E-state index contributed by atoms with van der Waals surface area (Å²) in [6, 6.07) is 5.30. The van der Waals surface area contributed by atoms with Crippen LogP contribution in [0.2, 0.25) is 0 Å². The molecule has 1 aliphatic rings. The van der Waals surface area contributed by atoms with E-state index in [0.29, 0.717) is 26.9 Å². The highest BCUT2D eigenvalue weighted by molar-refractivity contribution is 9.10. The quantitative estimate of drug-likeness (QED) is 0.387. The molecule has 0 unspecified atom stereocenters. The third-order valence-corrected chi connectivity index (χ3v) is 6.91. The molecule has 1 saturated carbocycles. The van der Waals surface area contributed by atoms with Gasteiger partial charge in [0.1, 0.15) is 0 Å². The summed E-state index contributed by atoms with van der Waals surface area (Å²) in [7, 11) is -3.35. The van der Waals surface area contributed by atoms with Crippen LogP contribution in [-0.4, -0.2) is 24.2 Å². The van der Waals surface area contributed by atoms with E-state index in [9.17, 15) is 9.36 Å². The highest BCUT2D eigenvalue weighted by Crippen LogP contribution is 2.53. The van der Waals surface area contributed by atoms with Gasteiger partial charge in [0.15, 0.2) is 11.5 Å². The normalized spacial score (nSPS) is 14.6. The molecule has 0 radical (unpaired) electrons. The number of halogens is 1. The van der Waals surface area contributed by atoms with Gasteiger partial charge in [-0.05, 0) is 38.3 Å². The number of benzene rings is 1. The minimum absolute atomic E-state index is 0.0151. The van der Waals surface area contributed by atoms with Gasteiger partial charge in [-0.3, -0.25) is 9.36 Å². The molecule has 8 heteroatoms. The average Bonchev–Trinajstić information content (AvgIpc) is 3.33. The monoisotopic (exact) mass is 441 g/mol. The Morgan fingerprint density at radius 2 is 1.96 bits per heavy atom. The van der Waals surface area contributed by atoms with Crippen molar-refractivity contribution in [2.75, 3.05) is 13.2 Å². The molecule has 1 aliphatic carbocycles. The lowest BCUT2D eigenvalue weighted by Gasteiger charge is -2.19. The maximum Gasteiger partial charge on any atom is 0.335 e. The van der Waals surface area contributed by atoms with Crippen LogP contribution in [0.5, 0.6) is 0 Å². The van der Waals surface area contributed by atoms with Crippen molar-refractivity contribution in [2.45, 2.75) is 38.8 Å². The molecule has 1 aromatic heterocycles. The summed E-state index contributed by atoms with van der Waals surface area (Å²) in [5.74, 6) is 0.715. The van der Waals surface area contributed by atoms with Crippen molar-refractivity contribution < 1.29 is 22.9 Å². The predicted octanol–water partition coefficient (Wildman–Crippen LogP) is 5.31. The Bertz CT molecular complexity index is 836. The molecule has 0 atom stereocenters. The summed E-state index contributed by atoms with van der Waals surface area (Å²) in [4.78, 5) is 13.1. The van der Waals surface area contributed by atoms with E-state index in [0.717, 1.165) is 12.8 Å². The molecular formula is C18H21BrNO5P. The summed E-state index contributed by atoms with van der Waals surface area (Å²) >= 11 is 3.47. The first-order valence-electron chi connectivity index (χ1n) is 8.63. The van der Waals surface area contributed by atoms with E-state index in [4.69, 9.17) is 13.6 Å². The van der Waals surface area contributed by atoms with Crippen LogP contribution >= 0.6 is 23.5 Å². The van der Waals surface area contributed by atoms with Crippen LogP contribution in [0.3, 0.4) is 0 Å². The van der Waals surface area contributed by atoms with Gasteiger partial charge < -0.3 is 13.6 Å². The second kappa shape index (κ2) is 8.17. The maximum atomic E-state index is 13.1. The van der Waals surface area contributed by atoms with E-state index in [-0.39, 0.29) is 31.1 Å². The van der Waals surface area contributed by atoms with E-state index in [1.165, 1.54) is 6.20 Å². The fourth-order valence-electron chi connectivity index (χ4n) is 2.85. The second-order valence-electron chi connectivity index (χ2n) is 6.08. The molecule has 0 bridgehead atoms. The molecule has 0 spiro atoms. The summed E-state index contributed by atoms with van der Waals surface area (Å²) < 4.78 is 29.7. The Morgan fingerprint density at radius 1 is 1.27 bits per heavy atom. The molecular weight excluding hydrogens is 421 g/mol. The molecule has 1 heterocycles. The fraction of sp³-hybridized carbons (Fsp3) is 0.444. The zero-order chi connectivity index (χ0) is 18.7. The van der Waals surface area contributed by atoms with Crippen LogP contribution in [-0.2, 0) is 19.8 Å². The number of hydrogen-bond donors (Lipinski definition) is 0. The fourth-order valence-corrected chi connectivity index (χ4v) is 5.35. The van der Waals surface area contributed by atoms with Gasteiger partial charge in [-0.2, -0.15) is 0 Å². The lowest BCUT2D eigenvalue weighted by Crippen LogP contribution is -2.09. The standard InChI is InChI=1S/C18H21BrNO5P/c1-3-23-26(22,24-4-2)11-15-13(6-5-7-16(15)19)17(21)14-10-20-25-18(14)12-8-9-12/h5-7,10,12H,3-4,8-9,11H2,1-2H3. The number of nitrogens with zero attached hydrogens (tertiary/aromatic N) is 1. The van der Waals surface area contributed by atoms with Gasteiger partial charge >= 0.3 is 7.60 Å². The van der Waals surface area contributed by atoms with Crippen molar-refractivity contribution in [3.05, 3.63) is 51.3 Å². The predicted molar refractivity (Wildman–Crippen MR) is 101 cm³/mol. The Labute approximate surface area is 160 Å². The number of aromatic nitrogens is 1. The smallest absolute Gasteiger partial charge is 0.335 e. The number of ketones is 1. The Morgan fingerprint density at radius 3 is 2.58 bits per heavy atom. The lowest BCUT2D eigenvalue weighted by molar-refractivity contribution is 0.103. The molecule has 1 fully saturated rings. The first-order chi connectivity index (χ1) is 12.5. The molecule has 0 saturated heterocycles. The van der Waals surface area contributed by atoms with Gasteiger partial charge in [0.25, 0.3) is 0 Å². The first-order valence-corrected chi connectivity index (χ1v) is 11.2. The number of hydrogen-bond acceptors (Lipinski definition) is 6. The highest BCUT2D eigenvalue weighted by Gasteiger charge is 2.34. The third kappa shape index (κ3) is 4.17. The van der Waals surface area contributed by atoms with Crippen LogP contribution in [0.4, 0.5) is 0 Å². The maximum absolute atomic E-state index is 13.1. The average molecular weight is 442 g/mol. The lowest BCUT2D eigenvalue weighted by atomic mass is 9.98. The summed E-state index contributed by atoms with van der Waals surface area (Å²) in [6.07, 6.45) is 3.49. The van der Waals surface area contributed by atoms with Crippen molar-refractivity contribution in [3.8, 4) is 0 Å². The van der Waals surface area contributed by atoms with Gasteiger partial charge in [0.05, 0.1) is 31.1 Å². The van der Waals surface area contributed by atoms with Gasteiger partial charge in [-0.15, -0.1) is 0 Å². The van der Waals surface area contributed by atoms with Crippen molar-refractivity contribution >= 4 is 29.3 Å². The number of carbonyl (C=O) groups is 1. The summed E-state index contributed by atoms with van der Waals surface area (Å²) in [5.41, 5.74) is 1.52. The van der Waals surface area contributed by atoms with Gasteiger partial charge in [-0.25, -0.2) is 0 Å². The van der Waals surface area contributed by atoms with E-state index in [1.807, 2.05) is 6.07 Å². The Balaban J connectivity index is 1.98. The molecule has 6 nitrogen and oxygen atoms in total. The topological polar surface area (TPSA) is 78.6 Å². The zero-order valence-corrected chi connectivity index (χ0v) is 17.2. The number of carbonyl (C=O) groups excluding carboxylic acids is 1. The zero-order valence-electron chi connectivity index (χ0n) is 14.7. The van der Waals surface area contributed by atoms with Crippen LogP contribution < -0.4 is 0 Å². The molecule has 140 valence electrons. The Kier molecular flexibility index (Phi) is 6.13. The number of rotatable bonds is 9. The van der Waals surface area contributed by atoms with Gasteiger partial charge in [-0.1, -0.05) is 33.2 Å². The van der Waals surface area contributed by atoms with E-state index in [1.54, 1.807) is 26.0 Å². The molecule has 3 rings (SSSR count). The van der Waals surface area contributed by atoms with Gasteiger partial charge in [0.2, 0.25) is 0 Å². The van der Waals surface area contributed by atoms with Crippen molar-refractivity contribution in [2.24, 2.45) is 0 Å². The largest absolute Gasteiger partial charge is 0.360 e. The third-order valence-electron chi connectivity index (χ3n) is 4.16. The molecule has 26 heavy (non-hydrogen) atoms. The molecule has 1 aromatic carbocycles. The molecule has 0 aliphatic heterocycles. The molecule has 0 N–H and O–H groups in total. The molecule has 2 aromatic rings. The van der Waals surface area contributed by atoms with Crippen LogP contribution in [0.1, 0.15) is 59.9 Å². The minimum Gasteiger partial charge on any atom is -0.360 e. The van der Waals surface area contributed by atoms with Crippen molar-refractivity contribution in [3.63, 3.8) is 0 Å². The van der Waals surface area contributed by atoms with Crippen LogP contribution in [0.25, 0.3) is 0 Å². The van der Waals surface area contributed by atoms with E-state index >= 15 is 0 Å². The second-order valence-corrected chi connectivity index (χ2v) is 8.99. The van der Waals surface area contributed by atoms with Gasteiger partial charge in [0, 0.05) is 16.0 Å². The molecule has 0 amide bonds. The summed E-state index contributed by atoms with van der Waals surface area (Å²) in [6.45, 7) is 4.05. The van der Waals surface area contributed by atoms with Crippen LogP contribution in [0.15, 0.2) is 33.4 Å². The van der Waals surface area contributed by atoms with Crippen LogP contribution in [0, 0.1) is 0 Å². The highest BCUT2D eigenvalue weighted by atomic mass is 79.9. The summed E-state index contributed by atoms with van der Waals surface area (Å²) in [5, 5.41) is 3.80. The SMILES string of the molecule is CCOP(=O)(Cc1c(Br)cccc1C(=O)c1cnoc1C1CC1)OCC. The first kappa shape index (κ1) is 19.5. The van der Waals surface area contributed by atoms with Crippen molar-refractivity contribution in [1.29, 1.82) is 0 Å². The minimum atomic E-state index is -3.35. The van der Waals surface area contributed by atoms with E-state index in [2.05, 4.69) is 21.1 Å². The van der Waals surface area contributed by atoms with Crippen molar-refractivity contribution in [1.82, 2.24) is 5.16 Å². The Hall–Kier alpha value is -1.27. The van der Waals surface area contributed by atoms with E-state index < -0.39 is 7.60 Å².